The summed E-state index contributed by atoms with van der Waals surface area (Å²) in [7, 11) is 1.80. The molecule has 1 atom stereocenters. The maximum absolute atomic E-state index is 12.6. The summed E-state index contributed by atoms with van der Waals surface area (Å²) in [6.07, 6.45) is 2.36. The third-order valence-corrected chi connectivity index (χ3v) is 4.13. The van der Waals surface area contributed by atoms with E-state index in [0.29, 0.717) is 22.4 Å². The molecule has 0 spiro atoms. The first-order valence-electron chi connectivity index (χ1n) is 6.84. The van der Waals surface area contributed by atoms with Crippen LogP contribution >= 0.6 is 0 Å². The van der Waals surface area contributed by atoms with E-state index in [1.165, 1.54) is 12.8 Å². The maximum atomic E-state index is 12.6. The SMILES string of the molecule is C[C@@H](C1CC1)N(C)C(=O)c1n[nH]c(=O)c2ccccc12. The summed E-state index contributed by atoms with van der Waals surface area (Å²) in [6, 6.07) is 7.26. The third kappa shape index (κ3) is 2.09. The van der Waals surface area contributed by atoms with Crippen molar-refractivity contribution in [2.45, 2.75) is 25.8 Å². The first kappa shape index (κ1) is 12.8. The number of H-pyrrole nitrogens is 1. The van der Waals surface area contributed by atoms with Crippen molar-refractivity contribution in [1.82, 2.24) is 15.1 Å². The number of carbonyl (C=O) groups is 1. The second-order valence-corrected chi connectivity index (χ2v) is 5.44. The number of hydrogen-bond acceptors (Lipinski definition) is 3. The van der Waals surface area contributed by atoms with E-state index in [1.807, 2.05) is 6.07 Å². The summed E-state index contributed by atoms with van der Waals surface area (Å²) in [5.41, 5.74) is 0.0465. The number of amides is 1. The van der Waals surface area contributed by atoms with Gasteiger partial charge in [-0.05, 0) is 31.7 Å². The maximum Gasteiger partial charge on any atom is 0.274 e. The monoisotopic (exact) mass is 271 g/mol. The number of aromatic amines is 1. The van der Waals surface area contributed by atoms with Crippen LogP contribution in [-0.2, 0) is 0 Å². The van der Waals surface area contributed by atoms with Gasteiger partial charge in [-0.2, -0.15) is 5.10 Å². The molecule has 1 N–H and O–H groups in total. The summed E-state index contributed by atoms with van der Waals surface area (Å²) in [5.74, 6) is 0.454. The zero-order chi connectivity index (χ0) is 14.3. The van der Waals surface area contributed by atoms with Gasteiger partial charge in [0.25, 0.3) is 11.5 Å². The fraction of sp³-hybridized carbons (Fsp3) is 0.400. The van der Waals surface area contributed by atoms with Crippen molar-refractivity contribution < 1.29 is 4.79 Å². The zero-order valence-corrected chi connectivity index (χ0v) is 11.6. The highest BCUT2D eigenvalue weighted by Crippen LogP contribution is 2.35. The minimum atomic E-state index is -0.268. The molecule has 104 valence electrons. The van der Waals surface area contributed by atoms with Crippen LogP contribution in [0.5, 0.6) is 0 Å². The fourth-order valence-corrected chi connectivity index (χ4v) is 2.52. The lowest BCUT2D eigenvalue weighted by molar-refractivity contribution is 0.0722. The van der Waals surface area contributed by atoms with Gasteiger partial charge in [-0.3, -0.25) is 9.59 Å². The first-order valence-corrected chi connectivity index (χ1v) is 6.84. The van der Waals surface area contributed by atoms with Crippen molar-refractivity contribution in [1.29, 1.82) is 0 Å². The molecule has 1 saturated carbocycles. The lowest BCUT2D eigenvalue weighted by atomic mass is 10.1. The Bertz CT molecular complexity index is 718. The van der Waals surface area contributed by atoms with E-state index in [2.05, 4.69) is 17.1 Å². The van der Waals surface area contributed by atoms with Gasteiger partial charge in [0, 0.05) is 18.5 Å². The molecular weight excluding hydrogens is 254 g/mol. The first-order chi connectivity index (χ1) is 9.59. The van der Waals surface area contributed by atoms with E-state index in [-0.39, 0.29) is 17.5 Å². The Morgan fingerprint density at radius 1 is 1.35 bits per heavy atom. The fourth-order valence-electron chi connectivity index (χ4n) is 2.52. The number of fused-ring (bicyclic) bond motifs is 1. The van der Waals surface area contributed by atoms with Crippen LogP contribution in [0.4, 0.5) is 0 Å². The van der Waals surface area contributed by atoms with Gasteiger partial charge in [-0.25, -0.2) is 5.10 Å². The van der Waals surface area contributed by atoms with Gasteiger partial charge < -0.3 is 4.90 Å². The van der Waals surface area contributed by atoms with Crippen molar-refractivity contribution >= 4 is 16.7 Å². The Morgan fingerprint density at radius 2 is 2.00 bits per heavy atom. The van der Waals surface area contributed by atoms with E-state index >= 15 is 0 Å². The van der Waals surface area contributed by atoms with Crippen LogP contribution in [0.3, 0.4) is 0 Å². The Kier molecular flexibility index (Phi) is 3.04. The lowest BCUT2D eigenvalue weighted by Gasteiger charge is -2.24. The number of carbonyl (C=O) groups excluding carboxylic acids is 1. The van der Waals surface area contributed by atoms with Crippen LogP contribution < -0.4 is 5.56 Å². The minimum absolute atomic E-state index is 0.142. The van der Waals surface area contributed by atoms with Crippen LogP contribution in [0.2, 0.25) is 0 Å². The molecule has 5 heteroatoms. The molecule has 1 fully saturated rings. The molecule has 3 rings (SSSR count). The topological polar surface area (TPSA) is 66.1 Å². The molecule has 2 aromatic rings. The summed E-state index contributed by atoms with van der Waals surface area (Å²) >= 11 is 0. The number of aromatic nitrogens is 2. The predicted molar refractivity (Wildman–Crippen MR) is 76.6 cm³/mol. The van der Waals surface area contributed by atoms with Crippen molar-refractivity contribution in [2.75, 3.05) is 7.05 Å². The molecule has 1 aliphatic rings. The van der Waals surface area contributed by atoms with E-state index in [0.717, 1.165) is 0 Å². The molecule has 0 radical (unpaired) electrons. The van der Waals surface area contributed by atoms with E-state index in [4.69, 9.17) is 0 Å². The van der Waals surface area contributed by atoms with E-state index in [1.54, 1.807) is 30.1 Å². The smallest absolute Gasteiger partial charge is 0.274 e. The van der Waals surface area contributed by atoms with Gasteiger partial charge in [0.05, 0.1) is 5.39 Å². The van der Waals surface area contributed by atoms with E-state index in [9.17, 15) is 9.59 Å². The van der Waals surface area contributed by atoms with Gasteiger partial charge in [0.1, 0.15) is 0 Å². The van der Waals surface area contributed by atoms with Gasteiger partial charge in [0.2, 0.25) is 0 Å². The van der Waals surface area contributed by atoms with Gasteiger partial charge >= 0.3 is 0 Å². The largest absolute Gasteiger partial charge is 0.337 e. The molecule has 1 amide bonds. The molecule has 1 aromatic heterocycles. The molecular formula is C15H17N3O2. The standard InChI is InChI=1S/C15H17N3O2/c1-9(10-7-8-10)18(2)15(20)13-11-5-3-4-6-12(11)14(19)17-16-13/h3-6,9-10H,7-8H2,1-2H3,(H,17,19)/t9-/m0/s1. The lowest BCUT2D eigenvalue weighted by Crippen LogP contribution is -2.37. The Labute approximate surface area is 116 Å². The van der Waals surface area contributed by atoms with Crippen molar-refractivity contribution in [3.8, 4) is 0 Å². The molecule has 1 aliphatic carbocycles. The highest BCUT2D eigenvalue weighted by Gasteiger charge is 2.33. The molecule has 0 unspecified atom stereocenters. The molecule has 0 aliphatic heterocycles. The normalized spacial score (nSPS) is 16.1. The zero-order valence-electron chi connectivity index (χ0n) is 11.6. The number of nitrogens with one attached hydrogen (secondary N) is 1. The molecule has 1 aromatic carbocycles. The second-order valence-electron chi connectivity index (χ2n) is 5.44. The number of hydrogen-bond donors (Lipinski definition) is 1. The number of rotatable bonds is 3. The van der Waals surface area contributed by atoms with Crippen molar-refractivity contribution in [2.24, 2.45) is 5.92 Å². The van der Waals surface area contributed by atoms with Gasteiger partial charge in [-0.15, -0.1) is 0 Å². The summed E-state index contributed by atoms with van der Waals surface area (Å²) in [5, 5.41) is 7.48. The average molecular weight is 271 g/mol. The Morgan fingerprint density at radius 3 is 2.65 bits per heavy atom. The van der Waals surface area contributed by atoms with Gasteiger partial charge in [-0.1, -0.05) is 18.2 Å². The van der Waals surface area contributed by atoms with Crippen molar-refractivity contribution in [3.05, 3.63) is 40.3 Å². The van der Waals surface area contributed by atoms with E-state index < -0.39 is 0 Å². The summed E-state index contributed by atoms with van der Waals surface area (Å²) < 4.78 is 0. The average Bonchev–Trinajstić information content (AvgIpc) is 3.30. The highest BCUT2D eigenvalue weighted by molar-refractivity contribution is 6.04. The summed E-state index contributed by atoms with van der Waals surface area (Å²) in [6.45, 7) is 2.06. The summed E-state index contributed by atoms with van der Waals surface area (Å²) in [4.78, 5) is 26.0. The number of benzene rings is 1. The highest BCUT2D eigenvalue weighted by atomic mass is 16.2. The molecule has 0 bridgehead atoms. The third-order valence-electron chi connectivity index (χ3n) is 4.13. The minimum Gasteiger partial charge on any atom is -0.337 e. The number of nitrogens with zero attached hydrogens (tertiary/aromatic N) is 2. The Hall–Kier alpha value is -2.17. The molecule has 5 nitrogen and oxygen atoms in total. The molecule has 0 saturated heterocycles. The van der Waals surface area contributed by atoms with Crippen LogP contribution in [0.1, 0.15) is 30.3 Å². The Balaban J connectivity index is 2.03. The van der Waals surface area contributed by atoms with Crippen LogP contribution in [-0.4, -0.2) is 34.1 Å². The van der Waals surface area contributed by atoms with Crippen LogP contribution in [0, 0.1) is 5.92 Å². The van der Waals surface area contributed by atoms with Gasteiger partial charge in [0.15, 0.2) is 5.69 Å². The predicted octanol–water partition coefficient (Wildman–Crippen LogP) is 1.79. The quantitative estimate of drug-likeness (QED) is 0.925. The molecule has 20 heavy (non-hydrogen) atoms. The molecule has 1 heterocycles. The second kappa shape index (κ2) is 4.74. The van der Waals surface area contributed by atoms with Crippen molar-refractivity contribution in [3.63, 3.8) is 0 Å². The van der Waals surface area contributed by atoms with Crippen LogP contribution in [0.25, 0.3) is 10.8 Å². The van der Waals surface area contributed by atoms with Crippen LogP contribution in [0.15, 0.2) is 29.1 Å².